The molecule has 1 aromatic carbocycles. The first-order valence-corrected chi connectivity index (χ1v) is 7.34. The summed E-state index contributed by atoms with van der Waals surface area (Å²) in [7, 11) is 1.96. The number of hydrogen-bond acceptors (Lipinski definition) is 5. The predicted molar refractivity (Wildman–Crippen MR) is 84.1 cm³/mol. The first kappa shape index (κ1) is 15.5. The molecule has 1 heterocycles. The van der Waals surface area contributed by atoms with E-state index in [2.05, 4.69) is 60.6 Å². The molecule has 2 rings (SSSR count). The molecule has 0 saturated heterocycles. The number of aromatic nitrogens is 2. The molecule has 1 aromatic heterocycles. The quantitative estimate of drug-likeness (QED) is 0.849. The van der Waals surface area contributed by atoms with Crippen LogP contribution in [0.1, 0.15) is 30.9 Å². The molecule has 5 heteroatoms. The Morgan fingerprint density at radius 3 is 2.81 bits per heavy atom. The maximum Gasteiger partial charge on any atom is 0.318 e. The van der Waals surface area contributed by atoms with Crippen molar-refractivity contribution in [1.82, 2.24) is 15.5 Å². The van der Waals surface area contributed by atoms with Crippen LogP contribution in [0.25, 0.3) is 0 Å². The molecule has 0 aliphatic carbocycles. The average molecular weight is 288 g/mol. The molecule has 0 atom stereocenters. The zero-order valence-corrected chi connectivity index (χ0v) is 13.3. The second-order valence-corrected chi connectivity index (χ2v) is 5.85. The van der Waals surface area contributed by atoms with Gasteiger partial charge in [0, 0.05) is 13.6 Å². The van der Waals surface area contributed by atoms with Crippen LogP contribution in [-0.2, 0) is 13.1 Å². The van der Waals surface area contributed by atoms with Gasteiger partial charge in [-0.2, -0.15) is 0 Å². The van der Waals surface area contributed by atoms with E-state index in [9.17, 15) is 0 Å². The Balaban J connectivity index is 1.91. The zero-order chi connectivity index (χ0) is 15.2. The van der Waals surface area contributed by atoms with Crippen molar-refractivity contribution in [2.24, 2.45) is 5.92 Å². The molecule has 0 saturated carbocycles. The molecule has 0 spiro atoms. The highest BCUT2D eigenvalue weighted by atomic mass is 16.4. The summed E-state index contributed by atoms with van der Waals surface area (Å²) in [6, 6.07) is 8.98. The summed E-state index contributed by atoms with van der Waals surface area (Å²) in [5.41, 5.74) is 2.49. The molecule has 0 aliphatic heterocycles. The molecule has 21 heavy (non-hydrogen) atoms. The molecular formula is C16H24N4O. The van der Waals surface area contributed by atoms with Crippen LogP contribution in [0.3, 0.4) is 0 Å². The van der Waals surface area contributed by atoms with Crippen molar-refractivity contribution in [1.29, 1.82) is 0 Å². The summed E-state index contributed by atoms with van der Waals surface area (Å²) < 4.78 is 5.67. The van der Waals surface area contributed by atoms with Gasteiger partial charge in [0.1, 0.15) is 0 Å². The first-order valence-electron chi connectivity index (χ1n) is 7.34. The smallest absolute Gasteiger partial charge is 0.318 e. The van der Waals surface area contributed by atoms with E-state index in [0.717, 1.165) is 13.1 Å². The van der Waals surface area contributed by atoms with Gasteiger partial charge in [0.2, 0.25) is 5.89 Å². The molecule has 0 bridgehead atoms. The predicted octanol–water partition coefficient (Wildman–Crippen LogP) is 2.76. The summed E-state index contributed by atoms with van der Waals surface area (Å²) >= 11 is 0. The normalized spacial score (nSPS) is 11.1. The number of hydrogen-bond donors (Lipinski definition) is 1. The van der Waals surface area contributed by atoms with Gasteiger partial charge in [-0.15, -0.1) is 5.10 Å². The maximum atomic E-state index is 5.67. The number of aryl methyl sites for hydroxylation is 1. The van der Waals surface area contributed by atoms with Crippen LogP contribution in [0.2, 0.25) is 0 Å². The van der Waals surface area contributed by atoms with Crippen molar-refractivity contribution >= 4 is 6.01 Å². The van der Waals surface area contributed by atoms with Crippen LogP contribution < -0.4 is 10.2 Å². The third kappa shape index (κ3) is 4.86. The molecule has 114 valence electrons. The Hall–Kier alpha value is -1.88. The average Bonchev–Trinajstić information content (AvgIpc) is 2.87. The number of rotatable bonds is 7. The highest BCUT2D eigenvalue weighted by Gasteiger charge is 2.11. The Morgan fingerprint density at radius 1 is 1.29 bits per heavy atom. The minimum atomic E-state index is 0.554. The van der Waals surface area contributed by atoms with Crippen molar-refractivity contribution < 1.29 is 4.42 Å². The minimum Gasteiger partial charge on any atom is -0.407 e. The van der Waals surface area contributed by atoms with Crippen LogP contribution >= 0.6 is 0 Å². The van der Waals surface area contributed by atoms with E-state index in [1.807, 2.05) is 11.9 Å². The van der Waals surface area contributed by atoms with Gasteiger partial charge in [0.15, 0.2) is 0 Å². The van der Waals surface area contributed by atoms with Crippen molar-refractivity contribution in [2.45, 2.75) is 33.9 Å². The van der Waals surface area contributed by atoms with Crippen molar-refractivity contribution in [3.05, 3.63) is 41.3 Å². The van der Waals surface area contributed by atoms with Crippen LogP contribution in [0, 0.1) is 12.8 Å². The monoisotopic (exact) mass is 288 g/mol. The molecule has 0 aliphatic rings. The molecule has 0 fully saturated rings. The Kier molecular flexibility index (Phi) is 5.33. The van der Waals surface area contributed by atoms with E-state index in [-0.39, 0.29) is 0 Å². The van der Waals surface area contributed by atoms with E-state index < -0.39 is 0 Å². The largest absolute Gasteiger partial charge is 0.407 e. The fraction of sp³-hybridized carbons (Fsp3) is 0.500. The summed E-state index contributed by atoms with van der Waals surface area (Å²) in [5, 5.41) is 11.5. The van der Waals surface area contributed by atoms with E-state index >= 15 is 0 Å². The maximum absolute atomic E-state index is 5.67. The van der Waals surface area contributed by atoms with Crippen molar-refractivity contribution in [3.63, 3.8) is 0 Å². The van der Waals surface area contributed by atoms with Gasteiger partial charge >= 0.3 is 6.01 Å². The highest BCUT2D eigenvalue weighted by molar-refractivity contribution is 5.29. The Morgan fingerprint density at radius 2 is 2.10 bits per heavy atom. The van der Waals surface area contributed by atoms with Gasteiger partial charge in [-0.05, 0) is 24.9 Å². The second kappa shape index (κ2) is 7.22. The van der Waals surface area contributed by atoms with Gasteiger partial charge in [0.25, 0.3) is 0 Å². The molecule has 1 N–H and O–H groups in total. The fourth-order valence-electron chi connectivity index (χ4n) is 2.09. The van der Waals surface area contributed by atoms with Crippen LogP contribution in [0.4, 0.5) is 6.01 Å². The number of nitrogens with one attached hydrogen (secondary N) is 1. The van der Waals surface area contributed by atoms with E-state index in [1.165, 1.54) is 11.1 Å². The van der Waals surface area contributed by atoms with Crippen molar-refractivity contribution in [2.75, 3.05) is 18.5 Å². The van der Waals surface area contributed by atoms with Gasteiger partial charge in [-0.1, -0.05) is 48.8 Å². The summed E-state index contributed by atoms with van der Waals surface area (Å²) in [4.78, 5) is 1.97. The summed E-state index contributed by atoms with van der Waals surface area (Å²) in [6.45, 7) is 8.74. The Labute approximate surface area is 126 Å². The molecular weight excluding hydrogens is 264 g/mol. The van der Waals surface area contributed by atoms with Gasteiger partial charge in [0.05, 0.1) is 6.54 Å². The van der Waals surface area contributed by atoms with E-state index in [0.29, 0.717) is 24.4 Å². The minimum absolute atomic E-state index is 0.554. The highest BCUT2D eigenvalue weighted by Crippen LogP contribution is 2.14. The lowest BCUT2D eigenvalue weighted by atomic mass is 10.1. The number of nitrogens with zero attached hydrogens (tertiary/aromatic N) is 3. The van der Waals surface area contributed by atoms with E-state index in [1.54, 1.807) is 0 Å². The molecule has 0 amide bonds. The SMILES string of the molecule is Cc1cccc(CN(C)c2nnc(CNCC(C)C)o2)c1. The molecule has 5 nitrogen and oxygen atoms in total. The molecule has 0 radical (unpaired) electrons. The van der Waals surface area contributed by atoms with Crippen LogP contribution in [-0.4, -0.2) is 23.8 Å². The van der Waals surface area contributed by atoms with Crippen LogP contribution in [0.15, 0.2) is 28.7 Å². The number of anilines is 1. The fourth-order valence-corrected chi connectivity index (χ4v) is 2.09. The van der Waals surface area contributed by atoms with Crippen LogP contribution in [0.5, 0.6) is 0 Å². The lowest BCUT2D eigenvalue weighted by Crippen LogP contribution is -2.19. The second-order valence-electron chi connectivity index (χ2n) is 5.85. The lowest BCUT2D eigenvalue weighted by molar-refractivity contribution is 0.450. The summed E-state index contributed by atoms with van der Waals surface area (Å²) in [5.74, 6) is 1.23. The van der Waals surface area contributed by atoms with Gasteiger partial charge in [-0.3, -0.25) is 0 Å². The van der Waals surface area contributed by atoms with E-state index in [4.69, 9.17) is 4.42 Å². The standard InChI is InChI=1S/C16H24N4O/c1-12(2)9-17-10-15-18-19-16(21-15)20(4)11-14-7-5-6-13(3)8-14/h5-8,12,17H,9-11H2,1-4H3. The molecule has 2 aromatic rings. The first-order chi connectivity index (χ1) is 10.0. The number of benzene rings is 1. The van der Waals surface area contributed by atoms with Crippen molar-refractivity contribution in [3.8, 4) is 0 Å². The zero-order valence-electron chi connectivity index (χ0n) is 13.3. The van der Waals surface area contributed by atoms with Gasteiger partial charge < -0.3 is 14.6 Å². The molecule has 0 unspecified atom stereocenters. The van der Waals surface area contributed by atoms with Gasteiger partial charge in [-0.25, -0.2) is 0 Å². The lowest BCUT2D eigenvalue weighted by Gasteiger charge is -2.14. The third-order valence-electron chi connectivity index (χ3n) is 3.11. The Bertz CT molecular complexity index is 565. The third-order valence-corrected chi connectivity index (χ3v) is 3.11. The summed E-state index contributed by atoms with van der Waals surface area (Å²) in [6.07, 6.45) is 0. The topological polar surface area (TPSA) is 54.2 Å².